The first kappa shape index (κ1) is 22.7. The van der Waals surface area contributed by atoms with Gasteiger partial charge in [0.15, 0.2) is 11.8 Å². The Hall–Kier alpha value is -2.36. The number of aromatic nitrogens is 3. The second-order valence-electron chi connectivity index (χ2n) is 5.62. The lowest BCUT2D eigenvalue weighted by molar-refractivity contribution is 0.359. The quantitative estimate of drug-likeness (QED) is 0.249. The maximum atomic E-state index is 5.68. The Morgan fingerprint density at radius 1 is 1.22 bits per heavy atom. The number of hydrogen-bond acceptors (Lipinski definition) is 4. The minimum atomic E-state index is 0. The number of guanidine groups is 1. The molecule has 0 amide bonds. The van der Waals surface area contributed by atoms with E-state index in [-0.39, 0.29) is 24.0 Å². The Kier molecular flexibility index (Phi) is 10.2. The molecule has 2 N–H and O–H groups in total. The van der Waals surface area contributed by atoms with Gasteiger partial charge in [-0.05, 0) is 13.0 Å². The normalized spacial score (nSPS) is 10.7. The van der Waals surface area contributed by atoms with E-state index in [1.807, 2.05) is 42.8 Å². The third-order valence-corrected chi connectivity index (χ3v) is 3.75. The van der Waals surface area contributed by atoms with Crippen molar-refractivity contribution in [3.8, 4) is 5.75 Å². The smallest absolute Gasteiger partial charge is 0.192 e. The number of hydrogen-bond donors (Lipinski definition) is 2. The molecule has 0 aliphatic heterocycles. The lowest BCUT2D eigenvalue weighted by atomic mass is 10.2. The standard InChI is InChI=1S/C19H26N6O.HI/c1-5-11-20-19(22-14-18-24-23-15(3)25(18)4)21-13-16-9-7-8-10-17(16)26-12-6-2;/h5-10H,1-2,11-14H2,3-4H3,(H2,20,21,22);1H. The van der Waals surface area contributed by atoms with Gasteiger partial charge in [-0.1, -0.05) is 36.9 Å². The van der Waals surface area contributed by atoms with Crippen LogP contribution in [0.15, 0.2) is 54.6 Å². The summed E-state index contributed by atoms with van der Waals surface area (Å²) in [5, 5.41) is 14.7. The first-order valence-electron chi connectivity index (χ1n) is 8.45. The number of para-hydroxylation sites is 1. The first-order valence-corrected chi connectivity index (χ1v) is 8.45. The zero-order valence-corrected chi connectivity index (χ0v) is 18.1. The van der Waals surface area contributed by atoms with Crippen LogP contribution in [0.2, 0.25) is 0 Å². The van der Waals surface area contributed by atoms with Crippen LogP contribution in [0.5, 0.6) is 5.75 Å². The van der Waals surface area contributed by atoms with Crippen molar-refractivity contribution in [1.29, 1.82) is 0 Å². The van der Waals surface area contributed by atoms with Crippen LogP contribution in [0.3, 0.4) is 0 Å². The second-order valence-corrected chi connectivity index (χ2v) is 5.62. The van der Waals surface area contributed by atoms with Crippen LogP contribution in [-0.2, 0) is 20.1 Å². The highest BCUT2D eigenvalue weighted by Crippen LogP contribution is 2.18. The van der Waals surface area contributed by atoms with Crippen LogP contribution in [0.25, 0.3) is 0 Å². The molecule has 2 aromatic rings. The summed E-state index contributed by atoms with van der Waals surface area (Å²) in [6.45, 7) is 11.4. The monoisotopic (exact) mass is 482 g/mol. The molecule has 0 spiro atoms. The molecule has 0 saturated heterocycles. The topological polar surface area (TPSA) is 76.4 Å². The predicted octanol–water partition coefficient (Wildman–Crippen LogP) is 2.73. The fraction of sp³-hybridized carbons (Fsp3) is 0.316. The van der Waals surface area contributed by atoms with Gasteiger partial charge in [0, 0.05) is 19.2 Å². The number of ether oxygens (including phenoxy) is 1. The minimum Gasteiger partial charge on any atom is -0.489 e. The van der Waals surface area contributed by atoms with Crippen molar-refractivity contribution in [3.05, 3.63) is 66.8 Å². The van der Waals surface area contributed by atoms with Gasteiger partial charge in [0.2, 0.25) is 0 Å². The number of aryl methyl sites for hydroxylation is 1. The molecular formula is C19H27IN6O. The number of halogens is 1. The van der Waals surface area contributed by atoms with Gasteiger partial charge in [0.1, 0.15) is 18.2 Å². The number of rotatable bonds is 9. The average molecular weight is 482 g/mol. The third-order valence-electron chi connectivity index (χ3n) is 3.75. The van der Waals surface area contributed by atoms with Gasteiger partial charge in [-0.3, -0.25) is 0 Å². The summed E-state index contributed by atoms with van der Waals surface area (Å²) >= 11 is 0. The predicted molar refractivity (Wildman–Crippen MR) is 119 cm³/mol. The molecule has 2 rings (SSSR count). The Balaban J connectivity index is 0.00000364. The molecule has 0 aliphatic rings. The molecule has 1 heterocycles. The summed E-state index contributed by atoms with van der Waals surface area (Å²) in [4.78, 5) is 4.64. The van der Waals surface area contributed by atoms with E-state index in [0.29, 0.717) is 32.2 Å². The van der Waals surface area contributed by atoms with Crippen LogP contribution >= 0.6 is 24.0 Å². The number of nitrogens with zero attached hydrogens (tertiary/aromatic N) is 4. The molecule has 0 atom stereocenters. The van der Waals surface area contributed by atoms with Crippen LogP contribution < -0.4 is 15.4 Å². The van der Waals surface area contributed by atoms with Crippen molar-refractivity contribution in [2.45, 2.75) is 20.0 Å². The molecule has 0 bridgehead atoms. The summed E-state index contributed by atoms with van der Waals surface area (Å²) in [7, 11) is 1.94. The van der Waals surface area contributed by atoms with Crippen molar-refractivity contribution in [1.82, 2.24) is 25.4 Å². The molecule has 0 unspecified atom stereocenters. The maximum Gasteiger partial charge on any atom is 0.192 e. The van der Waals surface area contributed by atoms with E-state index in [0.717, 1.165) is 23.0 Å². The molecular weight excluding hydrogens is 455 g/mol. The number of benzene rings is 1. The molecule has 0 aliphatic carbocycles. The number of aliphatic imine (C=N–C) groups is 1. The van der Waals surface area contributed by atoms with Crippen molar-refractivity contribution in [2.24, 2.45) is 12.0 Å². The first-order chi connectivity index (χ1) is 12.7. The van der Waals surface area contributed by atoms with E-state index in [1.165, 1.54) is 0 Å². The van der Waals surface area contributed by atoms with Crippen LogP contribution in [0.4, 0.5) is 0 Å². The third kappa shape index (κ3) is 7.05. The Morgan fingerprint density at radius 2 is 2.00 bits per heavy atom. The summed E-state index contributed by atoms with van der Waals surface area (Å²) < 4.78 is 7.62. The van der Waals surface area contributed by atoms with Crippen molar-refractivity contribution in [3.63, 3.8) is 0 Å². The fourth-order valence-electron chi connectivity index (χ4n) is 2.20. The van der Waals surface area contributed by atoms with E-state index in [4.69, 9.17) is 4.74 Å². The van der Waals surface area contributed by atoms with Gasteiger partial charge in [-0.15, -0.1) is 40.8 Å². The lowest BCUT2D eigenvalue weighted by Gasteiger charge is -2.12. The zero-order chi connectivity index (χ0) is 18.8. The fourth-order valence-corrected chi connectivity index (χ4v) is 2.20. The van der Waals surface area contributed by atoms with Crippen LogP contribution in [0, 0.1) is 6.92 Å². The summed E-state index contributed by atoms with van der Waals surface area (Å²) in [6.07, 6.45) is 3.51. The van der Waals surface area contributed by atoms with Crippen molar-refractivity contribution in [2.75, 3.05) is 13.2 Å². The number of nitrogens with one attached hydrogen (secondary N) is 2. The maximum absolute atomic E-state index is 5.68. The molecule has 27 heavy (non-hydrogen) atoms. The highest BCUT2D eigenvalue weighted by atomic mass is 127. The zero-order valence-electron chi connectivity index (χ0n) is 15.8. The van der Waals surface area contributed by atoms with E-state index in [1.54, 1.807) is 12.2 Å². The van der Waals surface area contributed by atoms with E-state index in [9.17, 15) is 0 Å². The van der Waals surface area contributed by atoms with Gasteiger partial charge < -0.3 is 19.9 Å². The van der Waals surface area contributed by atoms with Gasteiger partial charge >= 0.3 is 0 Å². The van der Waals surface area contributed by atoms with Gasteiger partial charge in [-0.2, -0.15) is 0 Å². The molecule has 1 aromatic heterocycles. The van der Waals surface area contributed by atoms with E-state index in [2.05, 4.69) is 39.0 Å². The van der Waals surface area contributed by atoms with Crippen LogP contribution in [-0.4, -0.2) is 33.9 Å². The highest BCUT2D eigenvalue weighted by molar-refractivity contribution is 14.0. The van der Waals surface area contributed by atoms with E-state index < -0.39 is 0 Å². The minimum absolute atomic E-state index is 0. The average Bonchev–Trinajstić information content (AvgIpc) is 2.98. The largest absolute Gasteiger partial charge is 0.489 e. The van der Waals surface area contributed by atoms with E-state index >= 15 is 0 Å². The Labute approximate surface area is 177 Å². The molecule has 1 aromatic carbocycles. The molecule has 7 nitrogen and oxygen atoms in total. The molecule has 8 heteroatoms. The second kappa shape index (κ2) is 12.1. The van der Waals surface area contributed by atoms with Gasteiger partial charge in [0.05, 0.1) is 13.1 Å². The summed E-state index contributed by atoms with van der Waals surface area (Å²) in [5.41, 5.74) is 1.00. The lowest BCUT2D eigenvalue weighted by Crippen LogP contribution is -2.37. The van der Waals surface area contributed by atoms with Gasteiger partial charge in [0.25, 0.3) is 0 Å². The summed E-state index contributed by atoms with van der Waals surface area (Å²) in [5.74, 6) is 3.19. The SMILES string of the molecule is C=CCNC(=NCc1ccccc1OCC=C)NCc1nnc(C)n1C.I. The van der Waals surface area contributed by atoms with Crippen LogP contribution in [0.1, 0.15) is 17.2 Å². The Bertz CT molecular complexity index is 771. The van der Waals surface area contributed by atoms with Crippen molar-refractivity contribution < 1.29 is 4.74 Å². The van der Waals surface area contributed by atoms with Crippen molar-refractivity contribution >= 4 is 29.9 Å². The molecule has 0 radical (unpaired) electrons. The molecule has 146 valence electrons. The molecule has 0 fully saturated rings. The summed E-state index contributed by atoms with van der Waals surface area (Å²) in [6, 6.07) is 7.84. The Morgan fingerprint density at radius 3 is 2.67 bits per heavy atom. The molecule has 0 saturated carbocycles. The highest BCUT2D eigenvalue weighted by Gasteiger charge is 2.07. The van der Waals surface area contributed by atoms with Gasteiger partial charge in [-0.25, -0.2) is 4.99 Å².